The van der Waals surface area contributed by atoms with Crippen molar-refractivity contribution in [3.8, 4) is 17.1 Å². The highest BCUT2D eigenvalue weighted by molar-refractivity contribution is 7.88. The first-order chi connectivity index (χ1) is 17.9. The van der Waals surface area contributed by atoms with Crippen molar-refractivity contribution in [1.29, 1.82) is 0 Å². The highest BCUT2D eigenvalue weighted by Crippen LogP contribution is 2.36. The van der Waals surface area contributed by atoms with Crippen LogP contribution in [-0.4, -0.2) is 64.2 Å². The predicted molar refractivity (Wildman–Crippen MR) is 140 cm³/mol. The lowest BCUT2D eigenvalue weighted by atomic mass is 10.1. The SMILES string of the molecule is CCNC(C)c1ccc(-n2cnc(-c3nc(NC4CCN(S(C)(=O)=O)CC4)ncc3C(F)(F)F)c2)c(Cl)c1. The first-order valence-electron chi connectivity index (χ1n) is 12.1. The molecule has 206 valence electrons. The Kier molecular flexibility index (Phi) is 8.31. The molecule has 1 saturated heterocycles. The van der Waals surface area contributed by atoms with E-state index in [-0.39, 0.29) is 29.4 Å². The van der Waals surface area contributed by atoms with Gasteiger partial charge in [0.2, 0.25) is 16.0 Å². The van der Waals surface area contributed by atoms with Crippen LogP contribution in [0.1, 0.15) is 43.9 Å². The number of rotatable bonds is 8. The zero-order valence-electron chi connectivity index (χ0n) is 21.1. The second-order valence-corrected chi connectivity index (χ2v) is 11.6. The van der Waals surface area contributed by atoms with Crippen LogP contribution in [0.15, 0.2) is 36.9 Å². The molecular weight excluding hydrogens is 543 g/mol. The van der Waals surface area contributed by atoms with Crippen LogP contribution in [0.2, 0.25) is 5.02 Å². The molecule has 1 unspecified atom stereocenters. The summed E-state index contributed by atoms with van der Waals surface area (Å²) in [5.41, 5.74) is 0.179. The summed E-state index contributed by atoms with van der Waals surface area (Å²) in [5, 5.41) is 6.78. The van der Waals surface area contributed by atoms with E-state index in [4.69, 9.17) is 11.6 Å². The molecule has 1 aromatic carbocycles. The van der Waals surface area contributed by atoms with E-state index in [1.807, 2.05) is 26.0 Å². The van der Waals surface area contributed by atoms with Gasteiger partial charge in [0.25, 0.3) is 0 Å². The van der Waals surface area contributed by atoms with E-state index < -0.39 is 21.8 Å². The Morgan fingerprint density at radius 2 is 1.92 bits per heavy atom. The van der Waals surface area contributed by atoms with Gasteiger partial charge >= 0.3 is 6.18 Å². The van der Waals surface area contributed by atoms with E-state index in [0.29, 0.717) is 36.6 Å². The Labute approximate surface area is 224 Å². The molecular formula is C24H29ClF3N7O2S. The molecule has 2 N–H and O–H groups in total. The molecule has 14 heteroatoms. The second-order valence-electron chi connectivity index (χ2n) is 9.19. The number of piperidine rings is 1. The van der Waals surface area contributed by atoms with Crippen LogP contribution in [0, 0.1) is 0 Å². The fraction of sp³-hybridized carbons (Fsp3) is 0.458. The first-order valence-corrected chi connectivity index (χ1v) is 14.3. The summed E-state index contributed by atoms with van der Waals surface area (Å²) < 4.78 is 67.9. The summed E-state index contributed by atoms with van der Waals surface area (Å²) >= 11 is 6.51. The van der Waals surface area contributed by atoms with Crippen LogP contribution in [0.3, 0.4) is 0 Å². The standard InChI is InChI=1S/C24H29ClF3N7O2S/c1-4-29-15(2)16-5-6-21(19(25)11-16)34-13-20(31-14-34)22-18(24(26,27)28)12-30-23(33-22)32-17-7-9-35(10-8-17)38(3,36)37/h5-6,11-15,17,29H,4,7-10H2,1-3H3,(H,30,32,33). The fourth-order valence-electron chi connectivity index (χ4n) is 4.37. The highest BCUT2D eigenvalue weighted by atomic mass is 35.5. The molecule has 0 saturated carbocycles. The average molecular weight is 572 g/mol. The number of sulfonamides is 1. The van der Waals surface area contributed by atoms with Gasteiger partial charge in [-0.15, -0.1) is 0 Å². The van der Waals surface area contributed by atoms with Gasteiger partial charge in [-0.05, 0) is 44.0 Å². The summed E-state index contributed by atoms with van der Waals surface area (Å²) in [6, 6.07) is 5.41. The number of aromatic nitrogens is 4. The van der Waals surface area contributed by atoms with Crippen LogP contribution in [-0.2, 0) is 16.2 Å². The first kappa shape index (κ1) is 28.3. The van der Waals surface area contributed by atoms with Crippen molar-refractivity contribution in [1.82, 2.24) is 29.1 Å². The number of benzene rings is 1. The summed E-state index contributed by atoms with van der Waals surface area (Å²) in [6.45, 7) is 5.42. The normalized spacial score (nSPS) is 16.5. The third-order valence-corrected chi connectivity index (χ3v) is 8.04. The molecule has 9 nitrogen and oxygen atoms in total. The van der Waals surface area contributed by atoms with Crippen molar-refractivity contribution in [3.05, 3.63) is 53.1 Å². The van der Waals surface area contributed by atoms with Gasteiger partial charge in [-0.2, -0.15) is 13.2 Å². The van der Waals surface area contributed by atoms with Crippen LogP contribution < -0.4 is 10.6 Å². The van der Waals surface area contributed by atoms with Gasteiger partial charge in [0.05, 0.1) is 17.0 Å². The number of alkyl halides is 3. The molecule has 1 aliphatic rings. The minimum absolute atomic E-state index is 0.0100. The van der Waals surface area contributed by atoms with Crippen molar-refractivity contribution in [2.45, 2.75) is 44.9 Å². The molecule has 1 atom stereocenters. The van der Waals surface area contributed by atoms with E-state index in [9.17, 15) is 21.6 Å². The van der Waals surface area contributed by atoms with Crippen molar-refractivity contribution < 1.29 is 21.6 Å². The van der Waals surface area contributed by atoms with Crippen molar-refractivity contribution >= 4 is 27.6 Å². The Balaban J connectivity index is 1.60. The molecule has 0 radical (unpaired) electrons. The van der Waals surface area contributed by atoms with E-state index in [0.717, 1.165) is 24.6 Å². The Morgan fingerprint density at radius 3 is 2.53 bits per heavy atom. The summed E-state index contributed by atoms with van der Waals surface area (Å²) in [4.78, 5) is 12.2. The van der Waals surface area contributed by atoms with Gasteiger partial charge in [-0.3, -0.25) is 0 Å². The van der Waals surface area contributed by atoms with Crippen LogP contribution in [0.25, 0.3) is 17.1 Å². The van der Waals surface area contributed by atoms with E-state index >= 15 is 0 Å². The number of nitrogens with zero attached hydrogens (tertiary/aromatic N) is 5. The van der Waals surface area contributed by atoms with Gasteiger partial charge in [0.15, 0.2) is 0 Å². The molecule has 0 amide bonds. The fourth-order valence-corrected chi connectivity index (χ4v) is 5.53. The number of nitrogens with one attached hydrogen (secondary N) is 2. The molecule has 38 heavy (non-hydrogen) atoms. The molecule has 2 aromatic heterocycles. The smallest absolute Gasteiger partial charge is 0.351 e. The molecule has 0 spiro atoms. The number of imidazole rings is 1. The monoisotopic (exact) mass is 571 g/mol. The van der Waals surface area contributed by atoms with Crippen LogP contribution in [0.4, 0.5) is 19.1 Å². The summed E-state index contributed by atoms with van der Waals surface area (Å²) in [7, 11) is -3.29. The van der Waals surface area contributed by atoms with Crippen molar-refractivity contribution in [2.75, 3.05) is 31.2 Å². The lowest BCUT2D eigenvalue weighted by Gasteiger charge is -2.30. The van der Waals surface area contributed by atoms with Crippen molar-refractivity contribution in [2.24, 2.45) is 0 Å². The largest absolute Gasteiger partial charge is 0.420 e. The van der Waals surface area contributed by atoms with E-state index in [2.05, 4.69) is 25.6 Å². The predicted octanol–water partition coefficient (Wildman–Crippen LogP) is 4.51. The van der Waals surface area contributed by atoms with E-state index in [1.54, 1.807) is 10.6 Å². The van der Waals surface area contributed by atoms with Gasteiger partial charge in [-0.1, -0.05) is 24.6 Å². The Morgan fingerprint density at radius 1 is 1.21 bits per heavy atom. The quantitative estimate of drug-likeness (QED) is 0.410. The lowest BCUT2D eigenvalue weighted by Crippen LogP contribution is -2.42. The number of hydrogen-bond acceptors (Lipinski definition) is 7. The second kappa shape index (κ2) is 11.2. The lowest BCUT2D eigenvalue weighted by molar-refractivity contribution is -0.137. The molecule has 1 aliphatic heterocycles. The maximum absolute atomic E-state index is 13.8. The maximum atomic E-state index is 13.8. The van der Waals surface area contributed by atoms with Crippen LogP contribution >= 0.6 is 11.6 Å². The van der Waals surface area contributed by atoms with E-state index in [1.165, 1.54) is 16.8 Å². The maximum Gasteiger partial charge on any atom is 0.420 e. The molecule has 1 fully saturated rings. The minimum atomic E-state index is -4.69. The van der Waals surface area contributed by atoms with Gasteiger partial charge in [0, 0.05) is 37.6 Å². The molecule has 0 bridgehead atoms. The minimum Gasteiger partial charge on any atom is -0.351 e. The molecule has 0 aliphatic carbocycles. The average Bonchev–Trinajstić information content (AvgIpc) is 3.33. The topological polar surface area (TPSA) is 105 Å². The number of anilines is 1. The zero-order chi connectivity index (χ0) is 27.7. The zero-order valence-corrected chi connectivity index (χ0v) is 22.7. The Bertz CT molecular complexity index is 1390. The highest BCUT2D eigenvalue weighted by Gasteiger charge is 2.36. The third-order valence-electron chi connectivity index (χ3n) is 6.44. The van der Waals surface area contributed by atoms with Crippen LogP contribution in [0.5, 0.6) is 0 Å². The summed E-state index contributed by atoms with van der Waals surface area (Å²) in [6.07, 6.45) is 0.974. The number of hydrogen-bond donors (Lipinski definition) is 2. The molecule has 3 aromatic rings. The Hall–Kier alpha value is -2.74. The van der Waals surface area contributed by atoms with Gasteiger partial charge < -0.3 is 15.2 Å². The number of halogens is 4. The molecule has 4 rings (SSSR count). The van der Waals surface area contributed by atoms with Gasteiger partial charge in [-0.25, -0.2) is 27.7 Å². The summed E-state index contributed by atoms with van der Waals surface area (Å²) in [5.74, 6) is 0.0140. The van der Waals surface area contributed by atoms with Gasteiger partial charge in [0.1, 0.15) is 23.3 Å². The van der Waals surface area contributed by atoms with Crippen molar-refractivity contribution in [3.63, 3.8) is 0 Å². The molecule has 3 heterocycles. The third kappa shape index (κ3) is 6.45.